The number of hydrogen-bond acceptors (Lipinski definition) is 3. The van der Waals surface area contributed by atoms with Crippen molar-refractivity contribution in [3.63, 3.8) is 0 Å². The number of aliphatic hydroxyl groups excluding tert-OH is 1. The largest absolute Gasteiger partial charge is 0.393 e. The molecule has 1 amide bonds. The number of amides is 1. The monoisotopic (exact) mass is 280 g/mol. The van der Waals surface area contributed by atoms with Crippen molar-refractivity contribution in [1.29, 1.82) is 0 Å². The van der Waals surface area contributed by atoms with E-state index in [9.17, 15) is 9.90 Å². The topological polar surface area (TPSA) is 52.6 Å². The second-order valence-corrected chi connectivity index (χ2v) is 6.77. The lowest BCUT2D eigenvalue weighted by Gasteiger charge is -2.43. The summed E-state index contributed by atoms with van der Waals surface area (Å²) in [5.41, 5.74) is 0. The first kappa shape index (κ1) is 14.3. The fourth-order valence-corrected chi connectivity index (χ4v) is 4.48. The highest BCUT2D eigenvalue weighted by atomic mass is 16.3. The van der Waals surface area contributed by atoms with Crippen molar-refractivity contribution in [3.8, 4) is 0 Å². The minimum atomic E-state index is -0.144. The van der Waals surface area contributed by atoms with E-state index < -0.39 is 0 Å². The summed E-state index contributed by atoms with van der Waals surface area (Å²) in [5.74, 6) is 0.619. The average molecular weight is 280 g/mol. The van der Waals surface area contributed by atoms with Gasteiger partial charge in [-0.15, -0.1) is 0 Å². The summed E-state index contributed by atoms with van der Waals surface area (Å²) in [6.07, 6.45) is 9.93. The van der Waals surface area contributed by atoms with Crippen LogP contribution < -0.4 is 5.32 Å². The molecule has 4 atom stereocenters. The number of carbonyl (C=O) groups excluding carboxylic acids is 1. The van der Waals surface area contributed by atoms with Crippen LogP contribution in [0.2, 0.25) is 0 Å². The number of carbonyl (C=O) groups is 1. The second kappa shape index (κ2) is 6.44. The molecule has 1 aliphatic carbocycles. The zero-order valence-electron chi connectivity index (χ0n) is 12.4. The average Bonchev–Trinajstić information content (AvgIpc) is 2.77. The number of likely N-dealkylation sites (tertiary alicyclic amines) is 1. The van der Waals surface area contributed by atoms with Gasteiger partial charge in [0.1, 0.15) is 0 Å². The molecule has 0 spiro atoms. The molecule has 2 heterocycles. The molecule has 2 N–H and O–H groups in total. The van der Waals surface area contributed by atoms with Gasteiger partial charge in [-0.3, -0.25) is 9.69 Å². The van der Waals surface area contributed by atoms with Crippen LogP contribution in [-0.4, -0.2) is 47.2 Å². The standard InChI is InChI=1S/C16H28N2O2/c19-15-9-5-6-12(15)13-7-2-4-11-18(13)14-8-1-3-10-17-16(14)20/h12-15,19H,1-11H2,(H,17,20). The second-order valence-electron chi connectivity index (χ2n) is 6.77. The number of hydrogen-bond donors (Lipinski definition) is 2. The number of nitrogens with zero attached hydrogens (tertiary/aromatic N) is 1. The van der Waals surface area contributed by atoms with Gasteiger partial charge in [0.05, 0.1) is 12.1 Å². The molecule has 4 unspecified atom stereocenters. The Labute approximate surface area is 121 Å². The fraction of sp³-hybridized carbons (Fsp3) is 0.938. The van der Waals surface area contributed by atoms with Crippen molar-refractivity contribution in [2.75, 3.05) is 13.1 Å². The first-order valence-corrected chi connectivity index (χ1v) is 8.49. The van der Waals surface area contributed by atoms with E-state index in [1.807, 2.05) is 0 Å². The van der Waals surface area contributed by atoms with E-state index in [0.29, 0.717) is 12.0 Å². The molecule has 0 radical (unpaired) electrons. The van der Waals surface area contributed by atoms with Gasteiger partial charge < -0.3 is 10.4 Å². The lowest BCUT2D eigenvalue weighted by Crippen LogP contribution is -2.55. The molecule has 114 valence electrons. The van der Waals surface area contributed by atoms with Gasteiger partial charge in [0, 0.05) is 18.5 Å². The van der Waals surface area contributed by atoms with Gasteiger partial charge in [-0.2, -0.15) is 0 Å². The van der Waals surface area contributed by atoms with Crippen LogP contribution in [0.3, 0.4) is 0 Å². The zero-order chi connectivity index (χ0) is 13.9. The Balaban J connectivity index is 1.75. The van der Waals surface area contributed by atoms with Crippen LogP contribution in [0, 0.1) is 5.92 Å². The molecule has 0 aromatic carbocycles. The molecule has 2 saturated heterocycles. The Kier molecular flexibility index (Phi) is 4.61. The molecular formula is C16H28N2O2. The van der Waals surface area contributed by atoms with Crippen LogP contribution in [-0.2, 0) is 4.79 Å². The number of nitrogens with one attached hydrogen (secondary N) is 1. The minimum absolute atomic E-state index is 0.0515. The van der Waals surface area contributed by atoms with Crippen molar-refractivity contribution in [2.24, 2.45) is 5.92 Å². The van der Waals surface area contributed by atoms with Crippen LogP contribution in [0.25, 0.3) is 0 Å². The molecular weight excluding hydrogens is 252 g/mol. The summed E-state index contributed by atoms with van der Waals surface area (Å²) in [4.78, 5) is 14.8. The fourth-order valence-electron chi connectivity index (χ4n) is 4.48. The summed E-state index contributed by atoms with van der Waals surface area (Å²) in [6, 6.07) is 0.478. The first-order chi connectivity index (χ1) is 9.77. The van der Waals surface area contributed by atoms with Crippen molar-refractivity contribution in [1.82, 2.24) is 10.2 Å². The van der Waals surface area contributed by atoms with E-state index in [4.69, 9.17) is 0 Å². The maximum absolute atomic E-state index is 12.3. The van der Waals surface area contributed by atoms with Gasteiger partial charge in [0.2, 0.25) is 5.91 Å². The highest BCUT2D eigenvalue weighted by Crippen LogP contribution is 2.36. The van der Waals surface area contributed by atoms with Crippen LogP contribution >= 0.6 is 0 Å². The minimum Gasteiger partial charge on any atom is -0.393 e. The smallest absolute Gasteiger partial charge is 0.237 e. The molecule has 1 saturated carbocycles. The number of piperidine rings is 1. The van der Waals surface area contributed by atoms with Gasteiger partial charge in [0.15, 0.2) is 0 Å². The Hall–Kier alpha value is -0.610. The van der Waals surface area contributed by atoms with E-state index in [1.165, 1.54) is 12.8 Å². The Morgan fingerprint density at radius 2 is 1.85 bits per heavy atom. The van der Waals surface area contributed by atoms with Crippen LogP contribution in [0.15, 0.2) is 0 Å². The quantitative estimate of drug-likeness (QED) is 0.809. The normalized spacial score (nSPS) is 40.4. The van der Waals surface area contributed by atoms with Gasteiger partial charge in [0.25, 0.3) is 0 Å². The highest BCUT2D eigenvalue weighted by molar-refractivity contribution is 5.82. The predicted octanol–water partition coefficient (Wildman–Crippen LogP) is 1.67. The van der Waals surface area contributed by atoms with Crippen molar-refractivity contribution in [2.45, 2.75) is 76.0 Å². The predicted molar refractivity (Wildman–Crippen MR) is 78.3 cm³/mol. The molecule has 3 fully saturated rings. The van der Waals surface area contributed by atoms with E-state index in [1.54, 1.807) is 0 Å². The summed E-state index contributed by atoms with van der Waals surface area (Å²) in [5, 5.41) is 13.3. The highest BCUT2D eigenvalue weighted by Gasteiger charge is 2.41. The van der Waals surface area contributed by atoms with Gasteiger partial charge in [-0.05, 0) is 51.5 Å². The zero-order valence-corrected chi connectivity index (χ0v) is 12.4. The molecule has 3 aliphatic rings. The van der Waals surface area contributed by atoms with E-state index in [2.05, 4.69) is 10.2 Å². The SMILES string of the molecule is O=C1NCCCCC1N1CCCCC1C1CCCC1O. The Bertz CT molecular complexity index is 347. The number of rotatable bonds is 2. The third-order valence-corrected chi connectivity index (χ3v) is 5.52. The summed E-state index contributed by atoms with van der Waals surface area (Å²) < 4.78 is 0. The van der Waals surface area contributed by atoms with Crippen molar-refractivity contribution in [3.05, 3.63) is 0 Å². The van der Waals surface area contributed by atoms with Crippen molar-refractivity contribution >= 4 is 5.91 Å². The summed E-state index contributed by atoms with van der Waals surface area (Å²) >= 11 is 0. The van der Waals surface area contributed by atoms with Crippen LogP contribution in [0.4, 0.5) is 0 Å². The maximum Gasteiger partial charge on any atom is 0.237 e. The summed E-state index contributed by atoms with van der Waals surface area (Å²) in [6.45, 7) is 1.87. The van der Waals surface area contributed by atoms with Gasteiger partial charge in [-0.1, -0.05) is 12.8 Å². The third-order valence-electron chi connectivity index (χ3n) is 5.52. The molecule has 0 aromatic rings. The lowest BCUT2D eigenvalue weighted by molar-refractivity contribution is -0.129. The van der Waals surface area contributed by atoms with E-state index >= 15 is 0 Å². The molecule has 0 bridgehead atoms. The Morgan fingerprint density at radius 1 is 1.00 bits per heavy atom. The molecule has 20 heavy (non-hydrogen) atoms. The molecule has 0 aromatic heterocycles. The van der Waals surface area contributed by atoms with Gasteiger partial charge in [-0.25, -0.2) is 0 Å². The lowest BCUT2D eigenvalue weighted by atomic mass is 9.86. The molecule has 2 aliphatic heterocycles. The van der Waals surface area contributed by atoms with E-state index in [0.717, 1.165) is 58.0 Å². The molecule has 4 heteroatoms. The summed E-state index contributed by atoms with van der Waals surface area (Å²) in [7, 11) is 0. The molecule has 3 rings (SSSR count). The Morgan fingerprint density at radius 3 is 2.65 bits per heavy atom. The molecule has 4 nitrogen and oxygen atoms in total. The maximum atomic E-state index is 12.3. The first-order valence-electron chi connectivity index (χ1n) is 8.49. The van der Waals surface area contributed by atoms with E-state index in [-0.39, 0.29) is 18.1 Å². The number of aliphatic hydroxyl groups is 1. The van der Waals surface area contributed by atoms with Crippen LogP contribution in [0.5, 0.6) is 0 Å². The third kappa shape index (κ3) is 2.86. The van der Waals surface area contributed by atoms with Gasteiger partial charge >= 0.3 is 0 Å². The van der Waals surface area contributed by atoms with Crippen molar-refractivity contribution < 1.29 is 9.90 Å². The van der Waals surface area contributed by atoms with Crippen LogP contribution in [0.1, 0.15) is 57.8 Å².